The van der Waals surface area contributed by atoms with Gasteiger partial charge in [-0.2, -0.15) is 4.58 Å². The van der Waals surface area contributed by atoms with E-state index < -0.39 is 16.7 Å². The van der Waals surface area contributed by atoms with Crippen molar-refractivity contribution < 1.29 is 70.8 Å². The molecule has 346 valence electrons. The van der Waals surface area contributed by atoms with Crippen molar-refractivity contribution in [3.05, 3.63) is 130 Å². The molecule has 0 fully saturated rings. The van der Waals surface area contributed by atoms with Crippen LogP contribution in [0, 0.1) is 13.8 Å². The van der Waals surface area contributed by atoms with Gasteiger partial charge < -0.3 is 19.0 Å². The second-order valence-corrected chi connectivity index (χ2v) is 17.6. The molecule has 6 rings (SSSR count). The Labute approximate surface area is 356 Å². The van der Waals surface area contributed by atoms with E-state index in [2.05, 4.69) is 133 Å². The van der Waals surface area contributed by atoms with Crippen molar-refractivity contribution in [1.82, 2.24) is 0 Å². The van der Waals surface area contributed by atoms with Crippen LogP contribution in [0.15, 0.2) is 108 Å². The van der Waals surface area contributed by atoms with Gasteiger partial charge in [-0.1, -0.05) is 62.6 Å². The molecule has 5 nitrogen and oxygen atoms in total. The number of rotatable bonds is 10. The maximum atomic E-state index is 9.84. The normalized spacial score (nSPS) is 18.0. The number of allylic oxidation sites excluding steroid dienone is 7. The molecule has 0 atom stereocenters. The van der Waals surface area contributed by atoms with Gasteiger partial charge in [0.25, 0.3) is 0 Å². The van der Waals surface area contributed by atoms with Crippen molar-refractivity contribution in [2.75, 3.05) is 25.1 Å². The van der Waals surface area contributed by atoms with Gasteiger partial charge in [-0.15, -0.1) is 0 Å². The SMILES string of the molecule is CCCCO[n+]1ccccc1OC1=C(C=CC2=[N+](C)c3ccc(C)cc3C2(C)C)CCC1=CC=C1N(CC)c2ccc(C)cc2C1(C)C.F.FP(F)(F)(F)F.F[P+](F)(F)F.[F-].[F-]. The van der Waals surface area contributed by atoms with Gasteiger partial charge >= 0.3 is 43.5 Å². The zero-order valence-corrected chi connectivity index (χ0v) is 37.7. The first kappa shape index (κ1) is 55.7. The van der Waals surface area contributed by atoms with Crippen molar-refractivity contribution in [2.24, 2.45) is 0 Å². The molecule has 0 amide bonds. The van der Waals surface area contributed by atoms with Crippen molar-refractivity contribution in [3.63, 3.8) is 0 Å². The zero-order valence-electron chi connectivity index (χ0n) is 35.9. The largest absolute Gasteiger partial charge is 1.00 e. The van der Waals surface area contributed by atoms with Crippen LogP contribution in [-0.4, -0.2) is 30.5 Å². The Bertz CT molecular complexity index is 2170. The number of fused-ring (bicyclic) bond motifs is 2. The maximum absolute atomic E-state index is 9.84. The molecular formula is C43H54F12N3O2P2+. The molecule has 0 bridgehead atoms. The van der Waals surface area contributed by atoms with Crippen molar-refractivity contribution in [3.8, 4) is 5.88 Å². The zero-order chi connectivity index (χ0) is 44.2. The summed E-state index contributed by atoms with van der Waals surface area (Å²) < 4.78 is 99.4. The number of anilines is 1. The summed E-state index contributed by atoms with van der Waals surface area (Å²) in [6.07, 6.45) is 15.1. The molecule has 2 aliphatic heterocycles. The third-order valence-electron chi connectivity index (χ3n) is 10.4. The first-order chi connectivity index (χ1) is 27.2. The first-order valence-electron chi connectivity index (χ1n) is 19.2. The number of ether oxygens (including phenoxy) is 1. The molecule has 0 radical (unpaired) electrons. The van der Waals surface area contributed by atoms with Crippen LogP contribution in [-0.2, 0) is 10.8 Å². The summed E-state index contributed by atoms with van der Waals surface area (Å²) in [5.74, 6) is 1.60. The Balaban J connectivity index is 0.00000122. The number of aryl methyl sites for hydroxylation is 2. The van der Waals surface area contributed by atoms with Gasteiger partial charge in [0.2, 0.25) is 11.9 Å². The van der Waals surface area contributed by atoms with Crippen LogP contribution in [0.25, 0.3) is 0 Å². The Kier molecular flexibility index (Phi) is 19.2. The van der Waals surface area contributed by atoms with E-state index in [0.29, 0.717) is 12.5 Å². The number of hydrogen-bond donors (Lipinski definition) is 0. The van der Waals surface area contributed by atoms with E-state index in [1.165, 1.54) is 56.2 Å². The van der Waals surface area contributed by atoms with Crippen LogP contribution in [0.3, 0.4) is 0 Å². The molecule has 0 unspecified atom stereocenters. The Morgan fingerprint density at radius 2 is 1.39 bits per heavy atom. The smallest absolute Gasteiger partial charge is 0.755 e. The van der Waals surface area contributed by atoms with Gasteiger partial charge in [0, 0.05) is 51.8 Å². The number of unbranched alkanes of at least 4 members (excludes halogenated alkanes) is 1. The molecule has 1 aliphatic carbocycles. The summed E-state index contributed by atoms with van der Waals surface area (Å²) in [5, 5.41) is 0. The Hall–Kier alpha value is -4.36. The average molecular weight is 935 g/mol. The number of nitrogens with zero attached hydrogens (tertiary/aromatic N) is 3. The second kappa shape index (κ2) is 21.3. The van der Waals surface area contributed by atoms with E-state index in [1.54, 1.807) is 4.73 Å². The van der Waals surface area contributed by atoms with Crippen LogP contribution < -0.4 is 28.6 Å². The topological polar surface area (TPSA) is 28.6 Å². The van der Waals surface area contributed by atoms with Gasteiger partial charge in [0.1, 0.15) is 12.8 Å². The summed E-state index contributed by atoms with van der Waals surface area (Å²) >= 11 is 0. The molecule has 1 aromatic heterocycles. The third kappa shape index (κ3) is 14.6. The van der Waals surface area contributed by atoms with E-state index >= 15 is 0 Å². The molecule has 3 heterocycles. The molecule has 19 heteroatoms. The van der Waals surface area contributed by atoms with Crippen molar-refractivity contribution >= 4 is 33.7 Å². The molecule has 2 aromatic carbocycles. The summed E-state index contributed by atoms with van der Waals surface area (Å²) in [5.41, 5.74) is 12.7. The fourth-order valence-electron chi connectivity index (χ4n) is 7.60. The average Bonchev–Trinajstić information content (AvgIpc) is 3.65. The van der Waals surface area contributed by atoms with E-state index in [-0.39, 0.29) is 24.9 Å². The Morgan fingerprint density at radius 3 is 1.97 bits per heavy atom. The van der Waals surface area contributed by atoms with Gasteiger partial charge in [-0.05, 0) is 101 Å². The second-order valence-electron chi connectivity index (χ2n) is 15.6. The number of halogens is 12. The minimum atomic E-state index is -8.55. The van der Waals surface area contributed by atoms with E-state index in [4.69, 9.17) is 9.57 Å². The van der Waals surface area contributed by atoms with Gasteiger partial charge in [-0.3, -0.25) is 9.54 Å². The van der Waals surface area contributed by atoms with E-state index in [9.17, 15) is 37.8 Å². The van der Waals surface area contributed by atoms with Gasteiger partial charge in [-0.25, -0.2) is 0 Å². The summed E-state index contributed by atoms with van der Waals surface area (Å²) in [4.78, 5) is 8.60. The van der Waals surface area contributed by atoms with E-state index in [1.807, 2.05) is 24.4 Å². The van der Waals surface area contributed by atoms with Crippen LogP contribution in [0.5, 0.6) is 5.88 Å². The fraction of sp³-hybridized carbons (Fsp3) is 0.395. The van der Waals surface area contributed by atoms with Crippen molar-refractivity contribution in [2.45, 2.75) is 91.9 Å². The number of pyridine rings is 1. The molecule has 3 aliphatic rings. The molecule has 0 N–H and O–H groups in total. The number of likely N-dealkylation sites (N-methyl/N-ethyl adjacent to an activating group) is 1. The molecule has 0 saturated carbocycles. The van der Waals surface area contributed by atoms with Gasteiger partial charge in [0.05, 0.1) is 28.3 Å². The summed E-state index contributed by atoms with van der Waals surface area (Å²) in [7, 11) is -12.8. The molecule has 0 spiro atoms. The predicted octanol–water partition coefficient (Wildman–Crippen LogP) is 8.80. The quantitative estimate of drug-likeness (QED) is 0.0882. The van der Waals surface area contributed by atoms with Crippen LogP contribution in [0.2, 0.25) is 0 Å². The molecular weight excluding hydrogens is 880 g/mol. The fourth-order valence-corrected chi connectivity index (χ4v) is 7.60. The Morgan fingerprint density at radius 1 is 0.806 bits per heavy atom. The molecule has 0 saturated heterocycles. The maximum Gasteiger partial charge on any atom is 0.755 e. The number of benzene rings is 2. The van der Waals surface area contributed by atoms with Crippen molar-refractivity contribution in [1.29, 1.82) is 0 Å². The minimum absolute atomic E-state index is 0. The summed E-state index contributed by atoms with van der Waals surface area (Å²) in [6, 6.07) is 19.6. The standard InChI is InChI=1S/C43H53N3O2.F5P.F4P.3FH/c1-10-12-27-47-46-26-14-13-15-40(46)48-41-32(20-24-38-42(5,6)34-28-30(3)16-22-36(34)44(38)9)18-19-33(41)21-25-39-43(7,8)35-29-31(4)17-23-37(35)45(39)11-2;1-6(2,3,4)5;1-5(2,3)4;;;/h13-17,20-26,28-29H,10-12,18-19,27H2,1-9H3;;;3*1H/q+2;;+1;;;/p-2. The van der Waals surface area contributed by atoms with Crippen LogP contribution >= 0.6 is 16.7 Å². The monoisotopic (exact) mass is 934 g/mol. The minimum Gasteiger partial charge on any atom is -1.00 e. The van der Waals surface area contributed by atoms with Gasteiger partial charge in [0.15, 0.2) is 12.3 Å². The number of hydrogen-bond acceptors (Lipinski definition) is 3. The molecule has 3 aromatic rings. The predicted molar refractivity (Wildman–Crippen MR) is 224 cm³/mol. The number of aromatic nitrogens is 1. The third-order valence-corrected chi connectivity index (χ3v) is 10.4. The van der Waals surface area contributed by atoms with Crippen LogP contribution in [0.1, 0.15) is 89.5 Å². The summed E-state index contributed by atoms with van der Waals surface area (Å²) in [6.45, 7) is 19.7. The van der Waals surface area contributed by atoms with E-state index in [0.717, 1.165) is 38.0 Å². The van der Waals surface area contributed by atoms with Crippen LogP contribution in [0.4, 0.5) is 53.9 Å². The first-order valence-corrected chi connectivity index (χ1v) is 22.3. The molecule has 62 heavy (non-hydrogen) atoms.